The molecule has 0 aliphatic heterocycles. The molecular weight excluding hydrogens is 346 g/mol. The van der Waals surface area contributed by atoms with Crippen LogP contribution in [0.1, 0.15) is 13.8 Å². The van der Waals surface area contributed by atoms with Gasteiger partial charge in [-0.2, -0.15) is 0 Å². The van der Waals surface area contributed by atoms with E-state index in [2.05, 4.69) is 26.0 Å². The van der Waals surface area contributed by atoms with E-state index in [-0.39, 0.29) is 17.3 Å². The van der Waals surface area contributed by atoms with Gasteiger partial charge in [0.05, 0.1) is 10.3 Å². The third kappa shape index (κ3) is 3.94. The molecule has 0 fully saturated rings. The first kappa shape index (κ1) is 16.9. The van der Waals surface area contributed by atoms with Gasteiger partial charge in [-0.25, -0.2) is 13.1 Å². The molecule has 0 saturated carbocycles. The maximum atomic E-state index is 12.1. The second kappa shape index (κ2) is 6.11. The molecule has 0 heterocycles. The molecule has 1 rings (SSSR count). The van der Waals surface area contributed by atoms with Crippen molar-refractivity contribution in [2.24, 2.45) is 5.41 Å². The number of amides is 1. The van der Waals surface area contributed by atoms with Crippen molar-refractivity contribution in [3.8, 4) is 0 Å². The van der Waals surface area contributed by atoms with Crippen LogP contribution in [-0.2, 0) is 14.8 Å². The first-order valence-electron chi connectivity index (χ1n) is 5.87. The largest absolute Gasteiger partial charge is 0.398 e. The maximum absolute atomic E-state index is 12.1. The van der Waals surface area contributed by atoms with Gasteiger partial charge in [-0.05, 0) is 48.0 Å². The van der Waals surface area contributed by atoms with Gasteiger partial charge in [-0.15, -0.1) is 0 Å². The monoisotopic (exact) mass is 363 g/mol. The summed E-state index contributed by atoms with van der Waals surface area (Å²) in [5.41, 5.74) is 5.15. The Hall–Kier alpha value is -1.12. The lowest BCUT2D eigenvalue weighted by atomic mass is 9.93. The average molecular weight is 364 g/mol. The van der Waals surface area contributed by atoms with Crippen LogP contribution in [0, 0.1) is 5.41 Å². The molecule has 0 saturated heterocycles. The molecular formula is C12H18BrN3O3S. The van der Waals surface area contributed by atoms with Gasteiger partial charge in [0.2, 0.25) is 15.9 Å². The Morgan fingerprint density at radius 3 is 2.50 bits per heavy atom. The van der Waals surface area contributed by atoms with Crippen molar-refractivity contribution in [2.45, 2.75) is 18.7 Å². The molecule has 0 spiro atoms. The van der Waals surface area contributed by atoms with Crippen LogP contribution in [0.3, 0.4) is 0 Å². The number of hydrogen-bond acceptors (Lipinski definition) is 4. The normalized spacial score (nSPS) is 12.2. The Morgan fingerprint density at radius 1 is 1.40 bits per heavy atom. The highest BCUT2D eigenvalue weighted by Crippen LogP contribution is 2.23. The lowest BCUT2D eigenvalue weighted by Crippen LogP contribution is -2.43. The molecule has 0 unspecified atom stereocenters. The first-order valence-corrected chi connectivity index (χ1v) is 8.14. The van der Waals surface area contributed by atoms with Crippen molar-refractivity contribution < 1.29 is 13.2 Å². The van der Waals surface area contributed by atoms with Gasteiger partial charge >= 0.3 is 0 Å². The average Bonchev–Trinajstić information content (AvgIpc) is 2.38. The second-order valence-corrected chi connectivity index (χ2v) is 7.59. The van der Waals surface area contributed by atoms with Crippen LogP contribution < -0.4 is 15.8 Å². The van der Waals surface area contributed by atoms with Gasteiger partial charge in [0.25, 0.3) is 0 Å². The zero-order chi connectivity index (χ0) is 15.6. The van der Waals surface area contributed by atoms with Crippen molar-refractivity contribution in [2.75, 3.05) is 19.3 Å². The van der Waals surface area contributed by atoms with E-state index < -0.39 is 15.4 Å². The van der Waals surface area contributed by atoms with E-state index in [4.69, 9.17) is 5.73 Å². The Morgan fingerprint density at radius 2 is 2.00 bits per heavy atom. The molecule has 4 N–H and O–H groups in total. The summed E-state index contributed by atoms with van der Waals surface area (Å²) in [6.45, 7) is 3.31. The fourth-order valence-corrected chi connectivity index (χ4v) is 2.96. The van der Waals surface area contributed by atoms with Gasteiger partial charge < -0.3 is 11.1 Å². The molecule has 0 atom stereocenters. The standard InChI is InChI=1S/C12H18BrN3O3S/c1-12(2,11(17)15-3)7-16-20(18,19)8-4-5-9(13)10(14)6-8/h4-6,16H,7,14H2,1-3H3,(H,15,17). The van der Waals surface area contributed by atoms with Crippen LogP contribution in [0.2, 0.25) is 0 Å². The first-order chi connectivity index (χ1) is 9.10. The third-order valence-electron chi connectivity index (χ3n) is 2.82. The quantitative estimate of drug-likeness (QED) is 0.681. The Bertz CT molecular complexity index is 614. The van der Waals surface area contributed by atoms with Crippen LogP contribution in [0.25, 0.3) is 0 Å². The van der Waals surface area contributed by atoms with E-state index in [1.165, 1.54) is 19.2 Å². The number of rotatable bonds is 5. The minimum atomic E-state index is -3.71. The topological polar surface area (TPSA) is 101 Å². The molecule has 1 aromatic rings. The minimum Gasteiger partial charge on any atom is -0.398 e. The third-order valence-corrected chi connectivity index (χ3v) is 4.94. The van der Waals surface area contributed by atoms with E-state index in [1.54, 1.807) is 19.9 Å². The number of nitrogen functional groups attached to an aromatic ring is 1. The van der Waals surface area contributed by atoms with E-state index in [0.717, 1.165) is 0 Å². The minimum absolute atomic E-state index is 0.00895. The van der Waals surface area contributed by atoms with Crippen molar-refractivity contribution >= 4 is 37.5 Å². The summed E-state index contributed by atoms with van der Waals surface area (Å²) in [7, 11) is -2.20. The lowest BCUT2D eigenvalue weighted by Gasteiger charge is -2.22. The second-order valence-electron chi connectivity index (χ2n) is 4.97. The van der Waals surface area contributed by atoms with Crippen molar-refractivity contribution in [3.05, 3.63) is 22.7 Å². The highest BCUT2D eigenvalue weighted by Gasteiger charge is 2.29. The fourth-order valence-electron chi connectivity index (χ4n) is 1.47. The van der Waals surface area contributed by atoms with E-state index >= 15 is 0 Å². The number of halogens is 1. The molecule has 1 aromatic carbocycles. The number of hydrogen-bond donors (Lipinski definition) is 3. The summed E-state index contributed by atoms with van der Waals surface area (Å²) >= 11 is 3.20. The summed E-state index contributed by atoms with van der Waals surface area (Å²) in [5, 5.41) is 2.50. The van der Waals surface area contributed by atoms with Crippen molar-refractivity contribution in [1.29, 1.82) is 0 Å². The zero-order valence-electron chi connectivity index (χ0n) is 11.5. The molecule has 0 aliphatic carbocycles. The van der Waals surface area contributed by atoms with E-state index in [9.17, 15) is 13.2 Å². The zero-order valence-corrected chi connectivity index (χ0v) is 13.9. The number of nitrogens with one attached hydrogen (secondary N) is 2. The number of anilines is 1. The molecule has 0 aliphatic rings. The van der Waals surface area contributed by atoms with Crippen LogP contribution >= 0.6 is 15.9 Å². The summed E-state index contributed by atoms with van der Waals surface area (Å²) in [5.74, 6) is -0.240. The Kier molecular flexibility index (Phi) is 5.17. The summed E-state index contributed by atoms with van der Waals surface area (Å²) in [6.07, 6.45) is 0. The van der Waals surface area contributed by atoms with Crippen molar-refractivity contribution in [1.82, 2.24) is 10.0 Å². The fraction of sp³-hybridized carbons (Fsp3) is 0.417. The Balaban J connectivity index is 2.91. The van der Waals surface area contributed by atoms with E-state index in [0.29, 0.717) is 10.2 Å². The highest BCUT2D eigenvalue weighted by atomic mass is 79.9. The SMILES string of the molecule is CNC(=O)C(C)(C)CNS(=O)(=O)c1ccc(Br)c(N)c1. The summed E-state index contributed by atoms with van der Waals surface area (Å²) < 4.78 is 27.3. The van der Waals surface area contributed by atoms with Gasteiger partial charge in [0.15, 0.2) is 0 Å². The Labute approximate surface area is 127 Å². The summed E-state index contributed by atoms with van der Waals surface area (Å²) in [6, 6.07) is 4.36. The molecule has 1 amide bonds. The highest BCUT2D eigenvalue weighted by molar-refractivity contribution is 9.10. The van der Waals surface area contributed by atoms with Crippen LogP contribution in [-0.4, -0.2) is 27.9 Å². The van der Waals surface area contributed by atoms with Gasteiger partial charge in [0, 0.05) is 23.8 Å². The van der Waals surface area contributed by atoms with Crippen LogP contribution in [0.15, 0.2) is 27.6 Å². The molecule has 20 heavy (non-hydrogen) atoms. The van der Waals surface area contributed by atoms with Gasteiger partial charge in [0.1, 0.15) is 0 Å². The lowest BCUT2D eigenvalue weighted by molar-refractivity contribution is -0.128. The van der Waals surface area contributed by atoms with E-state index in [1.807, 2.05) is 0 Å². The maximum Gasteiger partial charge on any atom is 0.240 e. The number of carbonyl (C=O) groups excluding carboxylic acids is 1. The van der Waals surface area contributed by atoms with Crippen LogP contribution in [0.5, 0.6) is 0 Å². The molecule has 112 valence electrons. The molecule has 0 radical (unpaired) electrons. The smallest absolute Gasteiger partial charge is 0.240 e. The molecule has 0 bridgehead atoms. The van der Waals surface area contributed by atoms with Crippen LogP contribution in [0.4, 0.5) is 5.69 Å². The number of carbonyl (C=O) groups is 1. The molecule has 8 heteroatoms. The number of sulfonamides is 1. The number of nitrogens with two attached hydrogens (primary N) is 1. The predicted octanol–water partition coefficient (Wildman–Crippen LogP) is 1.08. The van der Waals surface area contributed by atoms with Crippen molar-refractivity contribution in [3.63, 3.8) is 0 Å². The molecule has 0 aromatic heterocycles. The van der Waals surface area contributed by atoms with Gasteiger partial charge in [-0.1, -0.05) is 0 Å². The number of benzene rings is 1. The summed E-state index contributed by atoms with van der Waals surface area (Å²) in [4.78, 5) is 11.7. The van der Waals surface area contributed by atoms with Gasteiger partial charge in [-0.3, -0.25) is 4.79 Å². The molecule has 6 nitrogen and oxygen atoms in total. The predicted molar refractivity (Wildman–Crippen MR) is 81.6 cm³/mol.